The Kier molecular flexibility index (Phi) is 3.05. The Balaban J connectivity index is 2.00. The maximum absolute atomic E-state index is 12.6. The number of aromatic amines is 1. The van der Waals surface area contributed by atoms with Crippen LogP contribution in [0.4, 0.5) is 0 Å². The van der Waals surface area contributed by atoms with E-state index < -0.39 is 0 Å². The van der Waals surface area contributed by atoms with Gasteiger partial charge in [0.1, 0.15) is 5.75 Å². The van der Waals surface area contributed by atoms with E-state index in [2.05, 4.69) is 4.98 Å². The van der Waals surface area contributed by atoms with E-state index >= 15 is 0 Å². The second-order valence-corrected chi connectivity index (χ2v) is 5.88. The first-order valence-corrected chi connectivity index (χ1v) is 7.55. The normalized spacial score (nSPS) is 16.9. The van der Waals surface area contributed by atoms with Crippen LogP contribution in [0.1, 0.15) is 29.0 Å². The summed E-state index contributed by atoms with van der Waals surface area (Å²) in [7, 11) is 0. The van der Waals surface area contributed by atoms with Crippen molar-refractivity contribution in [2.75, 3.05) is 0 Å². The molecule has 1 atom stereocenters. The molecule has 4 nitrogen and oxygen atoms in total. The van der Waals surface area contributed by atoms with Crippen LogP contribution in [-0.2, 0) is 4.79 Å². The Morgan fingerprint density at radius 2 is 1.78 bits per heavy atom. The number of ether oxygens (including phenoxy) is 1. The Hall–Kier alpha value is -2.88. The van der Waals surface area contributed by atoms with Crippen LogP contribution in [0, 0.1) is 6.92 Å². The third-order valence-electron chi connectivity index (χ3n) is 4.32. The zero-order valence-corrected chi connectivity index (χ0v) is 12.6. The molecule has 0 amide bonds. The summed E-state index contributed by atoms with van der Waals surface area (Å²) < 4.78 is 5.44. The first-order chi connectivity index (χ1) is 11.1. The highest BCUT2D eigenvalue weighted by atomic mass is 16.5. The number of aromatic nitrogens is 1. The van der Waals surface area contributed by atoms with E-state index in [0.717, 1.165) is 16.5 Å². The molecule has 3 aromatic rings. The monoisotopic (exact) mass is 305 g/mol. The molecule has 0 fully saturated rings. The lowest BCUT2D eigenvalue weighted by molar-refractivity contribution is -0.135. The van der Waals surface area contributed by atoms with Gasteiger partial charge in [-0.2, -0.15) is 0 Å². The molecular formula is C19H15NO3. The molecule has 0 spiro atoms. The fraction of sp³-hybridized carbons (Fsp3) is 0.158. The van der Waals surface area contributed by atoms with Gasteiger partial charge in [0.15, 0.2) is 0 Å². The summed E-state index contributed by atoms with van der Waals surface area (Å²) in [4.78, 5) is 27.6. The average molecular weight is 305 g/mol. The van der Waals surface area contributed by atoms with Gasteiger partial charge in [0.25, 0.3) is 5.56 Å². The topological polar surface area (TPSA) is 59.2 Å². The van der Waals surface area contributed by atoms with Crippen molar-refractivity contribution in [3.63, 3.8) is 0 Å². The third kappa shape index (κ3) is 2.23. The number of pyridine rings is 1. The number of benzene rings is 2. The van der Waals surface area contributed by atoms with Gasteiger partial charge < -0.3 is 9.72 Å². The molecule has 0 unspecified atom stereocenters. The molecule has 23 heavy (non-hydrogen) atoms. The van der Waals surface area contributed by atoms with Gasteiger partial charge in [-0.3, -0.25) is 9.59 Å². The Morgan fingerprint density at radius 1 is 1.04 bits per heavy atom. The number of hydrogen-bond donors (Lipinski definition) is 1. The van der Waals surface area contributed by atoms with Crippen LogP contribution in [-0.4, -0.2) is 11.0 Å². The van der Waals surface area contributed by atoms with Gasteiger partial charge in [-0.25, -0.2) is 0 Å². The summed E-state index contributed by atoms with van der Waals surface area (Å²) >= 11 is 0. The number of carbonyl (C=O) groups is 1. The van der Waals surface area contributed by atoms with Crippen LogP contribution < -0.4 is 10.3 Å². The maximum Gasteiger partial charge on any atom is 0.312 e. The second kappa shape index (κ2) is 5.09. The number of esters is 1. The van der Waals surface area contributed by atoms with E-state index in [0.29, 0.717) is 16.8 Å². The molecule has 0 aliphatic carbocycles. The van der Waals surface area contributed by atoms with Crippen LogP contribution >= 0.6 is 0 Å². The van der Waals surface area contributed by atoms with E-state index in [-0.39, 0.29) is 23.9 Å². The zero-order valence-electron chi connectivity index (χ0n) is 12.6. The summed E-state index contributed by atoms with van der Waals surface area (Å²) in [5.74, 6) is -0.190. The predicted molar refractivity (Wildman–Crippen MR) is 87.8 cm³/mol. The fourth-order valence-corrected chi connectivity index (χ4v) is 3.16. The molecule has 1 aliphatic rings. The lowest BCUT2D eigenvalue weighted by Crippen LogP contribution is -2.28. The molecule has 0 bridgehead atoms. The molecule has 2 heterocycles. The molecule has 0 saturated heterocycles. The van der Waals surface area contributed by atoms with Crippen molar-refractivity contribution < 1.29 is 9.53 Å². The SMILES string of the molecule is Cc1ccc([C@H]2CC(=O)Oc3c2c(=O)[nH]c2ccccc32)cc1. The van der Waals surface area contributed by atoms with E-state index in [9.17, 15) is 9.59 Å². The number of aryl methyl sites for hydroxylation is 1. The van der Waals surface area contributed by atoms with Crippen molar-refractivity contribution in [1.82, 2.24) is 4.98 Å². The number of rotatable bonds is 1. The summed E-state index contributed by atoms with van der Waals surface area (Å²) in [6, 6.07) is 15.3. The minimum Gasteiger partial charge on any atom is -0.425 e. The van der Waals surface area contributed by atoms with Crippen molar-refractivity contribution in [1.29, 1.82) is 0 Å². The van der Waals surface area contributed by atoms with Gasteiger partial charge in [-0.15, -0.1) is 0 Å². The van der Waals surface area contributed by atoms with Crippen molar-refractivity contribution in [3.8, 4) is 5.75 Å². The van der Waals surface area contributed by atoms with Crippen molar-refractivity contribution in [2.45, 2.75) is 19.3 Å². The summed E-state index contributed by atoms with van der Waals surface area (Å²) in [5.41, 5.74) is 3.10. The number of para-hydroxylation sites is 1. The minimum atomic E-state index is -0.307. The second-order valence-electron chi connectivity index (χ2n) is 5.88. The van der Waals surface area contributed by atoms with E-state index in [1.54, 1.807) is 6.07 Å². The lowest BCUT2D eigenvalue weighted by Gasteiger charge is -2.25. The summed E-state index contributed by atoms with van der Waals surface area (Å²) in [6.07, 6.45) is 0.178. The lowest BCUT2D eigenvalue weighted by atomic mass is 9.86. The van der Waals surface area contributed by atoms with Crippen LogP contribution in [0.3, 0.4) is 0 Å². The largest absolute Gasteiger partial charge is 0.425 e. The maximum atomic E-state index is 12.6. The zero-order chi connectivity index (χ0) is 16.0. The molecule has 2 aromatic carbocycles. The Morgan fingerprint density at radius 3 is 2.57 bits per heavy atom. The number of carbonyl (C=O) groups excluding carboxylic acids is 1. The van der Waals surface area contributed by atoms with Gasteiger partial charge >= 0.3 is 5.97 Å². The molecule has 4 heteroatoms. The van der Waals surface area contributed by atoms with Gasteiger partial charge in [0.05, 0.1) is 17.5 Å². The van der Waals surface area contributed by atoms with Gasteiger partial charge in [0, 0.05) is 11.3 Å². The standard InChI is InChI=1S/C19H15NO3/c1-11-6-8-12(9-7-11)14-10-16(21)23-18-13-4-2-3-5-15(13)20-19(22)17(14)18/h2-9,14H,10H2,1H3,(H,20,22)/t14-/m1/s1. The first kappa shape index (κ1) is 13.8. The van der Waals surface area contributed by atoms with E-state index in [4.69, 9.17) is 4.74 Å². The first-order valence-electron chi connectivity index (χ1n) is 7.55. The molecule has 4 rings (SSSR count). The van der Waals surface area contributed by atoms with Crippen LogP contribution in [0.5, 0.6) is 5.75 Å². The van der Waals surface area contributed by atoms with Crippen LogP contribution in [0.25, 0.3) is 10.9 Å². The highest BCUT2D eigenvalue weighted by Gasteiger charge is 2.32. The average Bonchev–Trinajstić information content (AvgIpc) is 2.55. The Bertz CT molecular complexity index is 970. The molecule has 0 radical (unpaired) electrons. The summed E-state index contributed by atoms with van der Waals surface area (Å²) in [5, 5.41) is 0.757. The number of hydrogen-bond acceptors (Lipinski definition) is 3. The van der Waals surface area contributed by atoms with Crippen molar-refractivity contribution >= 4 is 16.9 Å². The molecule has 114 valence electrons. The molecular weight excluding hydrogens is 290 g/mol. The Labute approximate surface area is 132 Å². The quantitative estimate of drug-likeness (QED) is 0.702. The molecule has 1 aliphatic heterocycles. The third-order valence-corrected chi connectivity index (χ3v) is 4.32. The fourth-order valence-electron chi connectivity index (χ4n) is 3.16. The highest BCUT2D eigenvalue weighted by Crippen LogP contribution is 2.39. The molecule has 0 saturated carbocycles. The smallest absolute Gasteiger partial charge is 0.312 e. The van der Waals surface area contributed by atoms with Gasteiger partial charge in [0.2, 0.25) is 0 Å². The van der Waals surface area contributed by atoms with Crippen molar-refractivity contribution in [2.24, 2.45) is 0 Å². The van der Waals surface area contributed by atoms with Crippen LogP contribution in [0.15, 0.2) is 53.3 Å². The summed E-state index contributed by atoms with van der Waals surface area (Å²) in [6.45, 7) is 2.01. The molecule has 1 aromatic heterocycles. The number of nitrogens with one attached hydrogen (secondary N) is 1. The van der Waals surface area contributed by atoms with Crippen molar-refractivity contribution in [3.05, 3.63) is 75.6 Å². The highest BCUT2D eigenvalue weighted by molar-refractivity contribution is 5.91. The number of fused-ring (bicyclic) bond motifs is 3. The van der Waals surface area contributed by atoms with Crippen LogP contribution in [0.2, 0.25) is 0 Å². The van der Waals surface area contributed by atoms with E-state index in [1.807, 2.05) is 49.4 Å². The number of H-pyrrole nitrogens is 1. The predicted octanol–water partition coefficient (Wildman–Crippen LogP) is 3.28. The van der Waals surface area contributed by atoms with Gasteiger partial charge in [-0.05, 0) is 24.6 Å². The van der Waals surface area contributed by atoms with E-state index in [1.165, 1.54) is 0 Å². The van der Waals surface area contributed by atoms with Gasteiger partial charge in [-0.1, -0.05) is 42.0 Å². The molecule has 1 N–H and O–H groups in total. The minimum absolute atomic E-state index is 0.178.